The Hall–Kier alpha value is -0.710. The zero-order valence-electron chi connectivity index (χ0n) is 19.0. The van der Waals surface area contributed by atoms with Crippen LogP contribution in [0.2, 0.25) is 0 Å². The molecule has 0 amide bonds. The van der Waals surface area contributed by atoms with Gasteiger partial charge in [0.1, 0.15) is 11.4 Å². The third kappa shape index (κ3) is 6.00. The monoisotopic (exact) mass is 560 g/mol. The second-order valence-corrected chi connectivity index (χ2v) is 10.2. The average Bonchev–Trinajstić information content (AvgIpc) is 3.22. The molecule has 8 heteroatoms. The molecule has 0 bridgehead atoms. The molecule has 0 saturated carbocycles. The summed E-state index contributed by atoms with van der Waals surface area (Å²) in [5.74, 6) is 4.25. The number of benzene rings is 1. The van der Waals surface area contributed by atoms with Crippen molar-refractivity contribution in [1.82, 2.24) is 15.5 Å². The van der Waals surface area contributed by atoms with E-state index in [1.165, 1.54) is 17.7 Å². The van der Waals surface area contributed by atoms with E-state index in [0.717, 1.165) is 63.3 Å². The van der Waals surface area contributed by atoms with Crippen LogP contribution in [0.25, 0.3) is 0 Å². The van der Waals surface area contributed by atoms with Crippen LogP contribution in [0.15, 0.2) is 29.3 Å². The highest BCUT2D eigenvalue weighted by atomic mass is 127. The van der Waals surface area contributed by atoms with E-state index in [0.29, 0.717) is 0 Å². The predicted molar refractivity (Wildman–Crippen MR) is 140 cm³/mol. The Labute approximate surface area is 208 Å². The van der Waals surface area contributed by atoms with Crippen LogP contribution in [0.4, 0.5) is 0 Å². The van der Waals surface area contributed by atoms with Gasteiger partial charge in [-0.2, -0.15) is 11.8 Å². The van der Waals surface area contributed by atoms with Crippen molar-refractivity contribution < 1.29 is 9.47 Å². The Morgan fingerprint density at radius 2 is 2.03 bits per heavy atom. The summed E-state index contributed by atoms with van der Waals surface area (Å²) < 4.78 is 11.8. The molecule has 6 nitrogen and oxygen atoms in total. The van der Waals surface area contributed by atoms with Crippen molar-refractivity contribution in [2.24, 2.45) is 4.99 Å². The number of ether oxygens (including phenoxy) is 2. The van der Waals surface area contributed by atoms with E-state index in [9.17, 15) is 0 Å². The molecule has 3 aliphatic heterocycles. The number of para-hydroxylation sites is 1. The SMILES string of the molecule is CCNC(=NCC1(N2CCOCC2)CCSC1)NC1CC(C)(C)Oc2ccccc21.I. The summed E-state index contributed by atoms with van der Waals surface area (Å²) in [5.41, 5.74) is 1.16. The molecule has 1 aromatic rings. The third-order valence-electron chi connectivity index (χ3n) is 6.33. The lowest BCUT2D eigenvalue weighted by molar-refractivity contribution is -0.0104. The summed E-state index contributed by atoms with van der Waals surface area (Å²) in [6.07, 6.45) is 2.10. The molecule has 0 aromatic heterocycles. The fourth-order valence-corrected chi connectivity index (χ4v) is 6.22. The van der Waals surface area contributed by atoms with Crippen molar-refractivity contribution in [3.05, 3.63) is 29.8 Å². The van der Waals surface area contributed by atoms with Gasteiger partial charge in [-0.15, -0.1) is 24.0 Å². The van der Waals surface area contributed by atoms with Crippen LogP contribution in [0.3, 0.4) is 0 Å². The van der Waals surface area contributed by atoms with Gasteiger partial charge < -0.3 is 20.1 Å². The van der Waals surface area contributed by atoms with Gasteiger partial charge in [0.05, 0.1) is 31.3 Å². The van der Waals surface area contributed by atoms with E-state index in [1.807, 2.05) is 6.07 Å². The Morgan fingerprint density at radius 1 is 1.26 bits per heavy atom. The molecule has 2 saturated heterocycles. The Morgan fingerprint density at radius 3 is 2.74 bits per heavy atom. The number of aliphatic imine (C=N–C) groups is 1. The predicted octanol–water partition coefficient (Wildman–Crippen LogP) is 3.67. The van der Waals surface area contributed by atoms with Gasteiger partial charge in [0.2, 0.25) is 0 Å². The molecular weight excluding hydrogens is 523 g/mol. The van der Waals surface area contributed by atoms with Crippen LogP contribution in [0.5, 0.6) is 5.75 Å². The Kier molecular flexibility index (Phi) is 8.80. The van der Waals surface area contributed by atoms with Gasteiger partial charge in [-0.3, -0.25) is 9.89 Å². The maximum atomic E-state index is 6.21. The molecule has 1 aromatic carbocycles. The summed E-state index contributed by atoms with van der Waals surface area (Å²) in [4.78, 5) is 7.74. The first-order valence-corrected chi connectivity index (χ1v) is 12.4. The second kappa shape index (κ2) is 10.9. The smallest absolute Gasteiger partial charge is 0.191 e. The first-order valence-electron chi connectivity index (χ1n) is 11.2. The number of thioether (sulfide) groups is 1. The number of nitrogens with one attached hydrogen (secondary N) is 2. The Bertz CT molecular complexity index is 749. The minimum atomic E-state index is -0.208. The average molecular weight is 561 g/mol. The molecule has 0 aliphatic carbocycles. The van der Waals surface area contributed by atoms with Gasteiger partial charge in [0.25, 0.3) is 0 Å². The molecule has 2 N–H and O–H groups in total. The van der Waals surface area contributed by atoms with E-state index in [1.54, 1.807) is 0 Å². The Balaban J connectivity index is 0.00000272. The molecular formula is C23H37IN4O2S. The normalized spacial score (nSPS) is 28.2. The highest BCUT2D eigenvalue weighted by Crippen LogP contribution is 2.39. The maximum Gasteiger partial charge on any atom is 0.191 e. The standard InChI is InChI=1S/C23H36N4O2S.HI/c1-4-24-21(25-16-23(9-14-30-17-23)27-10-12-28-13-11-27)26-19-15-22(2,3)29-20-8-6-5-7-18(19)20;/h5-8,19H,4,9-17H2,1-3H3,(H2,24,25,26);1H. The molecule has 174 valence electrons. The van der Waals surface area contributed by atoms with Crippen LogP contribution in [0.1, 0.15) is 45.2 Å². The summed E-state index contributed by atoms with van der Waals surface area (Å²) in [5, 5.41) is 7.20. The fraction of sp³-hybridized carbons (Fsp3) is 0.696. The number of hydrogen-bond acceptors (Lipinski definition) is 5. The number of hydrogen-bond donors (Lipinski definition) is 2. The van der Waals surface area contributed by atoms with Crippen LogP contribution in [-0.4, -0.2) is 72.9 Å². The molecule has 3 heterocycles. The van der Waals surface area contributed by atoms with Crippen LogP contribution in [0, 0.1) is 0 Å². The number of morpholine rings is 1. The van der Waals surface area contributed by atoms with Crippen molar-refractivity contribution in [2.75, 3.05) is 50.9 Å². The molecule has 2 atom stereocenters. The maximum absolute atomic E-state index is 6.21. The summed E-state index contributed by atoms with van der Waals surface area (Å²) in [6.45, 7) is 11.8. The number of nitrogens with zero attached hydrogens (tertiary/aromatic N) is 2. The van der Waals surface area contributed by atoms with Gasteiger partial charge >= 0.3 is 0 Å². The van der Waals surface area contributed by atoms with E-state index in [-0.39, 0.29) is 41.2 Å². The van der Waals surface area contributed by atoms with Gasteiger partial charge in [0, 0.05) is 37.4 Å². The fourth-order valence-electron chi connectivity index (χ4n) is 4.75. The number of fused-ring (bicyclic) bond motifs is 1. The van der Waals surface area contributed by atoms with Gasteiger partial charge in [-0.25, -0.2) is 0 Å². The van der Waals surface area contributed by atoms with Crippen LogP contribution < -0.4 is 15.4 Å². The minimum absolute atomic E-state index is 0. The van der Waals surface area contributed by atoms with Gasteiger partial charge in [-0.1, -0.05) is 18.2 Å². The number of guanidine groups is 1. The van der Waals surface area contributed by atoms with E-state index in [4.69, 9.17) is 14.5 Å². The topological polar surface area (TPSA) is 58.1 Å². The summed E-state index contributed by atoms with van der Waals surface area (Å²) >= 11 is 2.06. The zero-order valence-corrected chi connectivity index (χ0v) is 22.1. The van der Waals surface area contributed by atoms with Gasteiger partial charge in [0.15, 0.2) is 5.96 Å². The van der Waals surface area contributed by atoms with Crippen molar-refractivity contribution in [1.29, 1.82) is 0 Å². The lowest BCUT2D eigenvalue weighted by Crippen LogP contribution is -2.56. The van der Waals surface area contributed by atoms with Crippen molar-refractivity contribution in [2.45, 2.75) is 50.8 Å². The molecule has 0 radical (unpaired) electrons. The lowest BCUT2D eigenvalue weighted by Gasteiger charge is -2.42. The van der Waals surface area contributed by atoms with Crippen molar-refractivity contribution in [3.8, 4) is 5.75 Å². The van der Waals surface area contributed by atoms with Crippen molar-refractivity contribution in [3.63, 3.8) is 0 Å². The van der Waals surface area contributed by atoms with E-state index < -0.39 is 0 Å². The first-order chi connectivity index (χ1) is 14.5. The minimum Gasteiger partial charge on any atom is -0.487 e. The molecule has 0 spiro atoms. The van der Waals surface area contributed by atoms with Crippen LogP contribution >= 0.6 is 35.7 Å². The molecule has 31 heavy (non-hydrogen) atoms. The van der Waals surface area contributed by atoms with E-state index in [2.05, 4.69) is 66.3 Å². The summed E-state index contributed by atoms with van der Waals surface area (Å²) in [6, 6.07) is 8.54. The largest absolute Gasteiger partial charge is 0.487 e. The highest BCUT2D eigenvalue weighted by Gasteiger charge is 2.41. The first kappa shape index (κ1) is 24.9. The van der Waals surface area contributed by atoms with Crippen molar-refractivity contribution >= 4 is 41.7 Å². The zero-order chi connectivity index (χ0) is 21.0. The molecule has 4 rings (SSSR count). The lowest BCUT2D eigenvalue weighted by atomic mass is 9.90. The van der Waals surface area contributed by atoms with E-state index >= 15 is 0 Å². The summed E-state index contributed by atoms with van der Waals surface area (Å²) in [7, 11) is 0. The molecule has 2 unspecified atom stereocenters. The molecule has 2 fully saturated rings. The highest BCUT2D eigenvalue weighted by molar-refractivity contribution is 14.0. The number of rotatable bonds is 5. The number of halogens is 1. The molecule has 3 aliphatic rings. The quantitative estimate of drug-likeness (QED) is 0.326. The third-order valence-corrected chi connectivity index (χ3v) is 7.56. The van der Waals surface area contributed by atoms with Gasteiger partial charge in [-0.05, 0) is 39.0 Å². The van der Waals surface area contributed by atoms with Crippen LogP contribution in [-0.2, 0) is 4.74 Å². The second-order valence-electron chi connectivity index (χ2n) is 9.12.